The molecule has 0 aliphatic heterocycles. The first-order valence-corrected chi connectivity index (χ1v) is 6.98. The molecule has 1 atom stereocenters. The number of hydrogen-bond donors (Lipinski definition) is 1. The molecule has 0 aliphatic rings. The zero-order valence-corrected chi connectivity index (χ0v) is 12.3. The maximum absolute atomic E-state index is 5.14. The van der Waals surface area contributed by atoms with Crippen molar-refractivity contribution < 1.29 is 4.74 Å². The Morgan fingerprint density at radius 2 is 2.09 bits per heavy atom. The summed E-state index contributed by atoms with van der Waals surface area (Å²) in [6.45, 7) is 0.746. The molecule has 0 fully saturated rings. The molecule has 1 aromatic carbocycles. The van der Waals surface area contributed by atoms with E-state index < -0.39 is 0 Å². The fraction of sp³-hybridized carbons (Fsp3) is 0.188. The van der Waals surface area contributed by atoms with Gasteiger partial charge in [0.1, 0.15) is 12.1 Å². The first-order valence-electron chi connectivity index (χ1n) is 6.98. The van der Waals surface area contributed by atoms with Gasteiger partial charge < -0.3 is 14.6 Å². The monoisotopic (exact) mass is 295 g/mol. The number of nitrogens with one attached hydrogen (secondary N) is 1. The van der Waals surface area contributed by atoms with E-state index in [1.54, 1.807) is 25.7 Å². The summed E-state index contributed by atoms with van der Waals surface area (Å²) in [5.41, 5.74) is 1.17. The van der Waals surface area contributed by atoms with Crippen molar-refractivity contribution in [1.29, 1.82) is 0 Å². The van der Waals surface area contributed by atoms with Crippen molar-refractivity contribution in [2.75, 3.05) is 12.4 Å². The number of rotatable bonds is 6. The van der Waals surface area contributed by atoms with Crippen molar-refractivity contribution in [1.82, 2.24) is 19.5 Å². The highest BCUT2D eigenvalue weighted by atomic mass is 16.5. The number of hydrogen-bond acceptors (Lipinski definition) is 5. The summed E-state index contributed by atoms with van der Waals surface area (Å²) in [5.74, 6) is 1.26. The van der Waals surface area contributed by atoms with E-state index in [1.807, 2.05) is 29.0 Å². The SMILES string of the molecule is COc1cc(N[C@H](Cn2ccnc2)c2ccccc2)ncn1. The van der Waals surface area contributed by atoms with Gasteiger partial charge in [-0.1, -0.05) is 30.3 Å². The third-order valence-corrected chi connectivity index (χ3v) is 3.33. The molecule has 1 N–H and O–H groups in total. The van der Waals surface area contributed by atoms with Crippen LogP contribution in [0.2, 0.25) is 0 Å². The summed E-state index contributed by atoms with van der Waals surface area (Å²) < 4.78 is 7.17. The highest BCUT2D eigenvalue weighted by Crippen LogP contribution is 2.21. The topological polar surface area (TPSA) is 64.9 Å². The lowest BCUT2D eigenvalue weighted by Crippen LogP contribution is -2.17. The predicted octanol–water partition coefficient (Wildman–Crippen LogP) is 2.54. The zero-order chi connectivity index (χ0) is 15.2. The molecule has 0 saturated carbocycles. The normalized spacial score (nSPS) is 11.9. The quantitative estimate of drug-likeness (QED) is 0.757. The minimum absolute atomic E-state index is 0.0648. The molecule has 0 radical (unpaired) electrons. The van der Waals surface area contributed by atoms with Crippen LogP contribution in [-0.4, -0.2) is 26.6 Å². The third-order valence-electron chi connectivity index (χ3n) is 3.33. The van der Waals surface area contributed by atoms with Gasteiger partial charge in [0.15, 0.2) is 0 Å². The molecule has 0 aliphatic carbocycles. The van der Waals surface area contributed by atoms with Gasteiger partial charge in [0.25, 0.3) is 0 Å². The molecule has 0 saturated heterocycles. The maximum atomic E-state index is 5.14. The van der Waals surface area contributed by atoms with Gasteiger partial charge in [-0.25, -0.2) is 15.0 Å². The molecule has 112 valence electrons. The number of aromatic nitrogens is 4. The van der Waals surface area contributed by atoms with E-state index in [-0.39, 0.29) is 6.04 Å². The van der Waals surface area contributed by atoms with Crippen LogP contribution in [-0.2, 0) is 6.54 Å². The fourth-order valence-corrected chi connectivity index (χ4v) is 2.23. The Morgan fingerprint density at radius 1 is 1.23 bits per heavy atom. The van der Waals surface area contributed by atoms with Crippen molar-refractivity contribution in [3.8, 4) is 5.88 Å². The minimum Gasteiger partial charge on any atom is -0.481 e. The van der Waals surface area contributed by atoms with Crippen LogP contribution < -0.4 is 10.1 Å². The number of benzene rings is 1. The van der Waals surface area contributed by atoms with E-state index in [2.05, 4.69) is 32.4 Å². The summed E-state index contributed by atoms with van der Waals surface area (Å²) >= 11 is 0. The molecule has 6 heteroatoms. The number of anilines is 1. The van der Waals surface area contributed by atoms with Gasteiger partial charge in [0, 0.05) is 25.0 Å². The molecule has 6 nitrogen and oxygen atoms in total. The van der Waals surface area contributed by atoms with Crippen LogP contribution in [0, 0.1) is 0 Å². The molecule has 0 bridgehead atoms. The number of methoxy groups -OCH3 is 1. The van der Waals surface area contributed by atoms with Crippen molar-refractivity contribution >= 4 is 5.82 Å². The van der Waals surface area contributed by atoms with Crippen LogP contribution in [0.1, 0.15) is 11.6 Å². The van der Waals surface area contributed by atoms with Crippen molar-refractivity contribution in [2.24, 2.45) is 0 Å². The Labute approximate surface area is 128 Å². The first kappa shape index (κ1) is 14.1. The number of nitrogens with zero attached hydrogens (tertiary/aromatic N) is 4. The van der Waals surface area contributed by atoms with E-state index in [9.17, 15) is 0 Å². The molecule has 3 aromatic rings. The molecule has 0 amide bonds. The van der Waals surface area contributed by atoms with Crippen molar-refractivity contribution in [3.05, 3.63) is 67.0 Å². The van der Waals surface area contributed by atoms with Crippen LogP contribution in [0.25, 0.3) is 0 Å². The van der Waals surface area contributed by atoms with E-state index in [0.29, 0.717) is 5.88 Å². The lowest BCUT2D eigenvalue weighted by molar-refractivity contribution is 0.397. The van der Waals surface area contributed by atoms with Gasteiger partial charge >= 0.3 is 0 Å². The number of imidazole rings is 1. The molecule has 0 spiro atoms. The van der Waals surface area contributed by atoms with Crippen molar-refractivity contribution in [3.63, 3.8) is 0 Å². The van der Waals surface area contributed by atoms with Crippen LogP contribution in [0.3, 0.4) is 0 Å². The average molecular weight is 295 g/mol. The third kappa shape index (κ3) is 3.41. The van der Waals surface area contributed by atoms with Crippen LogP contribution in [0.5, 0.6) is 5.88 Å². The summed E-state index contributed by atoms with van der Waals surface area (Å²) in [5, 5.41) is 3.43. The van der Waals surface area contributed by atoms with Crippen LogP contribution >= 0.6 is 0 Å². The second-order valence-corrected chi connectivity index (χ2v) is 4.81. The van der Waals surface area contributed by atoms with Gasteiger partial charge in [-0.3, -0.25) is 0 Å². The van der Waals surface area contributed by atoms with E-state index in [0.717, 1.165) is 12.4 Å². The molecule has 2 heterocycles. The predicted molar refractivity (Wildman–Crippen MR) is 83.6 cm³/mol. The Balaban J connectivity index is 1.84. The molecular weight excluding hydrogens is 278 g/mol. The lowest BCUT2D eigenvalue weighted by atomic mass is 10.1. The maximum Gasteiger partial charge on any atom is 0.218 e. The Morgan fingerprint density at radius 3 is 2.82 bits per heavy atom. The fourth-order valence-electron chi connectivity index (χ4n) is 2.23. The highest BCUT2D eigenvalue weighted by Gasteiger charge is 2.13. The van der Waals surface area contributed by atoms with Crippen molar-refractivity contribution in [2.45, 2.75) is 12.6 Å². The Bertz CT molecular complexity index is 700. The van der Waals surface area contributed by atoms with E-state index in [4.69, 9.17) is 4.74 Å². The van der Waals surface area contributed by atoms with Gasteiger partial charge in [-0.15, -0.1) is 0 Å². The lowest BCUT2D eigenvalue weighted by Gasteiger charge is -2.20. The first-order chi connectivity index (χ1) is 10.8. The molecule has 2 aromatic heterocycles. The highest BCUT2D eigenvalue weighted by molar-refractivity contribution is 5.40. The average Bonchev–Trinajstić information content (AvgIpc) is 3.08. The molecule has 3 rings (SSSR count). The molecular formula is C16H17N5O. The summed E-state index contributed by atoms with van der Waals surface area (Å²) in [6, 6.07) is 12.1. The summed E-state index contributed by atoms with van der Waals surface area (Å²) in [7, 11) is 1.59. The largest absolute Gasteiger partial charge is 0.481 e. The summed E-state index contributed by atoms with van der Waals surface area (Å²) in [4.78, 5) is 12.4. The van der Waals surface area contributed by atoms with Gasteiger partial charge in [0.2, 0.25) is 5.88 Å². The van der Waals surface area contributed by atoms with E-state index in [1.165, 1.54) is 11.9 Å². The smallest absolute Gasteiger partial charge is 0.218 e. The van der Waals surface area contributed by atoms with Gasteiger partial charge in [-0.2, -0.15) is 0 Å². The van der Waals surface area contributed by atoms with Crippen LogP contribution in [0.4, 0.5) is 5.82 Å². The Kier molecular flexibility index (Phi) is 4.29. The Hall–Kier alpha value is -2.89. The standard InChI is InChI=1S/C16H17N5O/c1-22-16-9-15(18-11-19-16)20-14(10-21-8-7-17-12-21)13-5-3-2-4-6-13/h2-9,11-12,14H,10H2,1H3,(H,18,19,20)/t14-/m1/s1. The van der Waals surface area contributed by atoms with E-state index >= 15 is 0 Å². The zero-order valence-electron chi connectivity index (χ0n) is 12.3. The molecule has 0 unspecified atom stereocenters. The van der Waals surface area contributed by atoms with Gasteiger partial charge in [0.05, 0.1) is 19.5 Å². The van der Waals surface area contributed by atoms with Gasteiger partial charge in [-0.05, 0) is 5.56 Å². The number of ether oxygens (including phenoxy) is 1. The second-order valence-electron chi connectivity index (χ2n) is 4.81. The van der Waals surface area contributed by atoms with Crippen LogP contribution in [0.15, 0.2) is 61.4 Å². The minimum atomic E-state index is 0.0648. The molecule has 22 heavy (non-hydrogen) atoms. The summed E-state index contributed by atoms with van der Waals surface area (Å²) in [6.07, 6.45) is 7.01. The second kappa shape index (κ2) is 6.71.